The van der Waals surface area contributed by atoms with Gasteiger partial charge in [-0.3, -0.25) is 14.2 Å². The van der Waals surface area contributed by atoms with Crippen LogP contribution in [0, 0.1) is 0 Å². The van der Waals surface area contributed by atoms with Gasteiger partial charge in [0.25, 0.3) is 5.56 Å². The molecule has 0 aliphatic heterocycles. The maximum Gasteiger partial charge on any atom is 0.319 e. The predicted octanol–water partition coefficient (Wildman–Crippen LogP) is 4.22. The number of benzene rings is 2. The highest BCUT2D eigenvalue weighted by Crippen LogP contribution is 2.29. The van der Waals surface area contributed by atoms with E-state index in [1.54, 1.807) is 32.2 Å². The number of fused-ring (bicyclic) bond motifs is 1. The lowest BCUT2D eigenvalue weighted by atomic mass is 10.2. The van der Waals surface area contributed by atoms with Gasteiger partial charge < -0.3 is 9.47 Å². The lowest BCUT2D eigenvalue weighted by Crippen LogP contribution is -2.25. The van der Waals surface area contributed by atoms with Crippen LogP contribution in [-0.4, -0.2) is 34.5 Å². The first kappa shape index (κ1) is 20.9. The summed E-state index contributed by atoms with van der Waals surface area (Å²) in [7, 11) is 1.58. The van der Waals surface area contributed by atoms with Crippen molar-refractivity contribution in [3.8, 4) is 11.4 Å². The Morgan fingerprint density at radius 1 is 1.17 bits per heavy atom. The van der Waals surface area contributed by atoms with Gasteiger partial charge in [-0.15, -0.1) is 0 Å². The molecule has 0 N–H and O–H groups in total. The molecule has 0 spiro atoms. The summed E-state index contributed by atoms with van der Waals surface area (Å²) >= 11 is 1.26. The van der Waals surface area contributed by atoms with Crippen LogP contribution in [0.25, 0.3) is 16.6 Å². The van der Waals surface area contributed by atoms with Gasteiger partial charge in [0.1, 0.15) is 11.0 Å². The van der Waals surface area contributed by atoms with E-state index in [0.29, 0.717) is 40.5 Å². The number of hydrogen-bond donors (Lipinski definition) is 0. The number of carbonyl (C=O) groups is 1. The first-order valence-corrected chi connectivity index (χ1v) is 10.5. The number of nitrogens with zero attached hydrogens (tertiary/aromatic N) is 2. The molecule has 1 unspecified atom stereocenters. The predicted molar refractivity (Wildman–Crippen MR) is 115 cm³/mol. The molecule has 6 nitrogen and oxygen atoms in total. The molecule has 0 saturated carbocycles. The minimum Gasteiger partial charge on any atom is -0.497 e. The standard InChI is InChI=1S/C22H24N2O4S/c1-4-9-19(21(26)28-5-2)29-22-23-18-13-7-6-12-17(18)20(25)24(22)15-10-8-11-16(14-15)27-3/h6-8,10-14,19H,4-5,9H2,1-3H3. The SMILES string of the molecule is CCCC(Sc1nc2ccccc2c(=O)n1-c1cccc(OC)c1)C(=O)OCC. The third-order valence-corrected chi connectivity index (χ3v) is 5.60. The second-order valence-corrected chi connectivity index (χ2v) is 7.57. The van der Waals surface area contributed by atoms with Crippen LogP contribution in [0.5, 0.6) is 5.75 Å². The maximum absolute atomic E-state index is 13.3. The van der Waals surface area contributed by atoms with Crippen LogP contribution in [0.15, 0.2) is 58.5 Å². The van der Waals surface area contributed by atoms with Crippen molar-refractivity contribution < 1.29 is 14.3 Å². The molecule has 0 fully saturated rings. The number of methoxy groups -OCH3 is 1. The number of carbonyl (C=O) groups excluding carboxylic acids is 1. The quantitative estimate of drug-likeness (QED) is 0.313. The first-order valence-electron chi connectivity index (χ1n) is 9.58. The molecular weight excluding hydrogens is 388 g/mol. The average Bonchev–Trinajstić information content (AvgIpc) is 2.74. The van der Waals surface area contributed by atoms with E-state index in [1.807, 2.05) is 37.3 Å². The minimum absolute atomic E-state index is 0.189. The van der Waals surface area contributed by atoms with Crippen LogP contribution in [0.4, 0.5) is 0 Å². The Morgan fingerprint density at radius 2 is 1.97 bits per heavy atom. The Bertz CT molecular complexity index is 1060. The van der Waals surface area contributed by atoms with E-state index in [1.165, 1.54) is 16.3 Å². The van der Waals surface area contributed by atoms with Crippen LogP contribution >= 0.6 is 11.8 Å². The number of thioether (sulfide) groups is 1. The summed E-state index contributed by atoms with van der Waals surface area (Å²) in [4.78, 5) is 30.5. The van der Waals surface area contributed by atoms with E-state index in [4.69, 9.17) is 14.5 Å². The zero-order chi connectivity index (χ0) is 20.8. The van der Waals surface area contributed by atoms with Crippen molar-refractivity contribution in [2.45, 2.75) is 37.1 Å². The molecule has 0 saturated heterocycles. The Labute approximate surface area is 173 Å². The van der Waals surface area contributed by atoms with Crippen molar-refractivity contribution in [3.63, 3.8) is 0 Å². The number of aromatic nitrogens is 2. The molecular formula is C22H24N2O4S. The Hall–Kier alpha value is -2.80. The molecule has 1 heterocycles. The first-order chi connectivity index (χ1) is 14.1. The van der Waals surface area contributed by atoms with Gasteiger partial charge in [0.15, 0.2) is 5.16 Å². The molecule has 0 aliphatic carbocycles. The van der Waals surface area contributed by atoms with Crippen LogP contribution in [0.2, 0.25) is 0 Å². The van der Waals surface area contributed by atoms with Crippen LogP contribution in [-0.2, 0) is 9.53 Å². The third-order valence-electron chi connectivity index (χ3n) is 4.40. The highest BCUT2D eigenvalue weighted by atomic mass is 32.2. The fourth-order valence-electron chi connectivity index (χ4n) is 3.02. The van der Waals surface area contributed by atoms with Gasteiger partial charge in [0.05, 0.1) is 30.3 Å². The van der Waals surface area contributed by atoms with Crippen LogP contribution in [0.1, 0.15) is 26.7 Å². The van der Waals surface area contributed by atoms with Gasteiger partial charge in [0, 0.05) is 6.07 Å². The second kappa shape index (κ2) is 9.60. The Balaban J connectivity index is 2.18. The fourth-order valence-corrected chi connectivity index (χ4v) is 4.24. The molecule has 0 amide bonds. The van der Waals surface area contributed by atoms with Gasteiger partial charge in [0.2, 0.25) is 0 Å². The van der Waals surface area contributed by atoms with E-state index >= 15 is 0 Å². The van der Waals surface area contributed by atoms with Crippen molar-refractivity contribution in [2.75, 3.05) is 13.7 Å². The minimum atomic E-state index is -0.440. The Morgan fingerprint density at radius 3 is 2.69 bits per heavy atom. The van der Waals surface area contributed by atoms with E-state index in [9.17, 15) is 9.59 Å². The van der Waals surface area contributed by atoms with Crippen LogP contribution in [0.3, 0.4) is 0 Å². The largest absolute Gasteiger partial charge is 0.497 e. The van der Waals surface area contributed by atoms with Crippen molar-refractivity contribution in [1.82, 2.24) is 9.55 Å². The molecule has 2 aromatic carbocycles. The molecule has 0 aliphatic rings. The fraction of sp³-hybridized carbons (Fsp3) is 0.318. The molecule has 7 heteroatoms. The summed E-state index contributed by atoms with van der Waals surface area (Å²) in [6.07, 6.45) is 1.44. The van der Waals surface area contributed by atoms with Crippen molar-refractivity contribution >= 4 is 28.6 Å². The lowest BCUT2D eigenvalue weighted by molar-refractivity contribution is -0.142. The highest BCUT2D eigenvalue weighted by Gasteiger charge is 2.24. The summed E-state index contributed by atoms with van der Waals surface area (Å²) < 4.78 is 12.1. The second-order valence-electron chi connectivity index (χ2n) is 6.40. The van der Waals surface area contributed by atoms with Crippen LogP contribution < -0.4 is 10.3 Å². The van der Waals surface area contributed by atoms with Crippen molar-refractivity contribution in [1.29, 1.82) is 0 Å². The molecule has 0 radical (unpaired) electrons. The molecule has 0 bridgehead atoms. The number of ether oxygens (including phenoxy) is 2. The topological polar surface area (TPSA) is 70.4 Å². The van der Waals surface area contributed by atoms with E-state index in [0.717, 1.165) is 6.42 Å². The van der Waals surface area contributed by atoms with Gasteiger partial charge in [-0.2, -0.15) is 0 Å². The lowest BCUT2D eigenvalue weighted by Gasteiger charge is -2.18. The van der Waals surface area contributed by atoms with Gasteiger partial charge in [-0.1, -0.05) is 43.3 Å². The summed E-state index contributed by atoms with van der Waals surface area (Å²) in [6, 6.07) is 14.4. The maximum atomic E-state index is 13.3. The molecule has 3 aromatic rings. The van der Waals surface area contributed by atoms with Gasteiger partial charge >= 0.3 is 5.97 Å². The molecule has 1 atom stereocenters. The van der Waals surface area contributed by atoms with E-state index < -0.39 is 5.25 Å². The number of rotatable bonds is 8. The summed E-state index contributed by atoms with van der Waals surface area (Å²) in [5.74, 6) is 0.341. The van der Waals surface area contributed by atoms with E-state index in [2.05, 4.69) is 0 Å². The molecule has 1 aromatic heterocycles. The number of para-hydroxylation sites is 1. The summed E-state index contributed by atoms with van der Waals surface area (Å²) in [6.45, 7) is 4.11. The highest BCUT2D eigenvalue weighted by molar-refractivity contribution is 8.00. The van der Waals surface area contributed by atoms with E-state index in [-0.39, 0.29) is 11.5 Å². The number of hydrogen-bond acceptors (Lipinski definition) is 6. The summed E-state index contributed by atoms with van der Waals surface area (Å²) in [5, 5.41) is 0.529. The zero-order valence-corrected chi connectivity index (χ0v) is 17.6. The molecule has 152 valence electrons. The smallest absolute Gasteiger partial charge is 0.319 e. The monoisotopic (exact) mass is 412 g/mol. The van der Waals surface area contributed by atoms with Crippen molar-refractivity contribution in [2.24, 2.45) is 0 Å². The molecule has 3 rings (SSSR count). The van der Waals surface area contributed by atoms with Crippen molar-refractivity contribution in [3.05, 3.63) is 58.9 Å². The average molecular weight is 413 g/mol. The molecule has 29 heavy (non-hydrogen) atoms. The Kier molecular flexibility index (Phi) is 6.93. The summed E-state index contributed by atoms with van der Waals surface area (Å²) in [5.41, 5.74) is 1.04. The van der Waals surface area contributed by atoms with Gasteiger partial charge in [-0.05, 0) is 37.6 Å². The number of esters is 1. The van der Waals surface area contributed by atoms with Gasteiger partial charge in [-0.25, -0.2) is 4.98 Å². The normalized spacial score (nSPS) is 12.0. The zero-order valence-electron chi connectivity index (χ0n) is 16.8. The third kappa shape index (κ3) is 4.62.